The summed E-state index contributed by atoms with van der Waals surface area (Å²) in [6.45, 7) is 5.93. The molecule has 1 fully saturated rings. The van der Waals surface area contributed by atoms with E-state index >= 15 is 0 Å². The van der Waals surface area contributed by atoms with E-state index in [9.17, 15) is 4.79 Å². The molecule has 0 radical (unpaired) electrons. The van der Waals surface area contributed by atoms with Crippen LogP contribution in [0.2, 0.25) is 0 Å². The Labute approximate surface area is 140 Å². The van der Waals surface area contributed by atoms with Gasteiger partial charge in [0.25, 0.3) is 5.91 Å². The van der Waals surface area contributed by atoms with Crippen LogP contribution in [0, 0.1) is 5.41 Å². The van der Waals surface area contributed by atoms with Crippen LogP contribution in [-0.4, -0.2) is 38.5 Å². The molecule has 1 aliphatic rings. The number of fused-ring (bicyclic) bond motifs is 1. The number of hydrogen-bond acceptors (Lipinski definition) is 3. The minimum Gasteiger partial charge on any atom is -0.337 e. The van der Waals surface area contributed by atoms with Crippen LogP contribution in [0.5, 0.6) is 0 Å². The van der Waals surface area contributed by atoms with Crippen LogP contribution >= 0.6 is 0 Å². The third-order valence-corrected chi connectivity index (χ3v) is 4.99. The molecule has 24 heavy (non-hydrogen) atoms. The molecule has 4 rings (SSSR count). The Kier molecular flexibility index (Phi) is 3.37. The van der Waals surface area contributed by atoms with Crippen molar-refractivity contribution < 1.29 is 4.79 Å². The summed E-state index contributed by atoms with van der Waals surface area (Å²) in [7, 11) is 0. The fraction of sp³-hybridized carbons (Fsp3) is 0.316. The highest BCUT2D eigenvalue weighted by Crippen LogP contribution is 2.42. The molecule has 0 aliphatic carbocycles. The van der Waals surface area contributed by atoms with Crippen LogP contribution in [0.1, 0.15) is 35.7 Å². The molecule has 1 saturated heterocycles. The molecule has 3 heterocycles. The van der Waals surface area contributed by atoms with E-state index in [1.807, 2.05) is 29.3 Å². The highest BCUT2D eigenvalue weighted by atomic mass is 16.2. The number of hydrogen-bond donors (Lipinski definition) is 0. The minimum absolute atomic E-state index is 0.0279. The molecule has 1 aromatic carbocycles. The van der Waals surface area contributed by atoms with E-state index < -0.39 is 0 Å². The van der Waals surface area contributed by atoms with Gasteiger partial charge in [-0.2, -0.15) is 0 Å². The molecule has 0 unspecified atom stereocenters. The quantitative estimate of drug-likeness (QED) is 0.729. The molecule has 122 valence electrons. The van der Waals surface area contributed by atoms with Crippen molar-refractivity contribution in [2.45, 2.75) is 19.8 Å². The predicted octanol–water partition coefficient (Wildman–Crippen LogP) is 3.00. The van der Waals surface area contributed by atoms with Crippen molar-refractivity contribution in [2.75, 3.05) is 13.1 Å². The fourth-order valence-electron chi connectivity index (χ4n) is 3.72. The Hall–Kier alpha value is -2.69. The van der Waals surface area contributed by atoms with Gasteiger partial charge in [-0.15, -0.1) is 10.2 Å². The fourth-order valence-corrected chi connectivity index (χ4v) is 3.72. The van der Waals surface area contributed by atoms with E-state index in [4.69, 9.17) is 0 Å². The summed E-state index contributed by atoms with van der Waals surface area (Å²) in [6, 6.07) is 14.1. The third kappa shape index (κ3) is 2.37. The van der Waals surface area contributed by atoms with Gasteiger partial charge in [0.1, 0.15) is 6.33 Å². The molecule has 0 spiro atoms. The number of amides is 1. The maximum atomic E-state index is 13.1. The van der Waals surface area contributed by atoms with E-state index in [0.29, 0.717) is 17.1 Å². The summed E-state index contributed by atoms with van der Waals surface area (Å²) in [5.41, 5.74) is 2.55. The molecule has 0 bridgehead atoms. The molecule has 0 saturated carbocycles. The topological polar surface area (TPSA) is 50.5 Å². The summed E-state index contributed by atoms with van der Waals surface area (Å²) >= 11 is 0. The van der Waals surface area contributed by atoms with Gasteiger partial charge < -0.3 is 4.90 Å². The molecule has 1 amide bonds. The van der Waals surface area contributed by atoms with Crippen molar-refractivity contribution >= 4 is 11.6 Å². The number of aromatic nitrogens is 3. The lowest BCUT2D eigenvalue weighted by Gasteiger charge is -2.25. The normalized spacial score (nSPS) is 19.8. The highest BCUT2D eigenvalue weighted by molar-refractivity contribution is 5.99. The first-order valence-corrected chi connectivity index (χ1v) is 8.19. The summed E-state index contributed by atoms with van der Waals surface area (Å²) in [5.74, 6) is 0.361. The minimum atomic E-state index is 0.0279. The van der Waals surface area contributed by atoms with E-state index in [1.165, 1.54) is 5.56 Å². The van der Waals surface area contributed by atoms with Gasteiger partial charge >= 0.3 is 0 Å². The van der Waals surface area contributed by atoms with E-state index in [-0.39, 0.29) is 11.3 Å². The number of benzene rings is 1. The first-order valence-electron chi connectivity index (χ1n) is 8.19. The molecule has 5 nitrogen and oxygen atoms in total. The van der Waals surface area contributed by atoms with Crippen LogP contribution in [0.3, 0.4) is 0 Å². The van der Waals surface area contributed by atoms with Crippen LogP contribution in [0.15, 0.2) is 55.0 Å². The lowest BCUT2D eigenvalue weighted by atomic mass is 9.78. The summed E-state index contributed by atoms with van der Waals surface area (Å²) < 4.78 is 1.78. The van der Waals surface area contributed by atoms with Crippen molar-refractivity contribution in [3.05, 3.63) is 66.1 Å². The van der Waals surface area contributed by atoms with Gasteiger partial charge in [0.05, 0.1) is 5.56 Å². The van der Waals surface area contributed by atoms with Gasteiger partial charge in [-0.3, -0.25) is 9.20 Å². The Bertz CT molecular complexity index is 885. The Morgan fingerprint density at radius 3 is 2.75 bits per heavy atom. The molecule has 0 N–H and O–H groups in total. The molecule has 1 aliphatic heterocycles. The lowest BCUT2D eigenvalue weighted by Crippen LogP contribution is -2.30. The maximum Gasteiger partial charge on any atom is 0.257 e. The van der Waals surface area contributed by atoms with Gasteiger partial charge in [-0.25, -0.2) is 0 Å². The average Bonchev–Trinajstić information content (AvgIpc) is 3.18. The largest absolute Gasteiger partial charge is 0.337 e. The molecule has 5 heteroatoms. The average molecular weight is 320 g/mol. The Morgan fingerprint density at radius 2 is 1.96 bits per heavy atom. The second-order valence-electron chi connectivity index (χ2n) is 7.12. The van der Waals surface area contributed by atoms with Crippen molar-refractivity contribution in [2.24, 2.45) is 5.41 Å². The molecular weight excluding hydrogens is 300 g/mol. The zero-order valence-corrected chi connectivity index (χ0v) is 13.9. The van der Waals surface area contributed by atoms with Crippen LogP contribution in [0.4, 0.5) is 0 Å². The van der Waals surface area contributed by atoms with Crippen LogP contribution < -0.4 is 0 Å². The van der Waals surface area contributed by atoms with E-state index in [0.717, 1.165) is 13.1 Å². The van der Waals surface area contributed by atoms with E-state index in [2.05, 4.69) is 48.3 Å². The van der Waals surface area contributed by atoms with Crippen LogP contribution in [-0.2, 0) is 0 Å². The van der Waals surface area contributed by atoms with Crippen molar-refractivity contribution in [1.82, 2.24) is 19.5 Å². The standard InChI is InChI=1S/C19H20N4O/c1-19(2)12-23(11-16(19)14-7-4-3-5-8-14)18(24)15-9-6-10-22-13-20-21-17(15)22/h3-10,13,16H,11-12H2,1-2H3/t16-/m0/s1. The number of likely N-dealkylation sites (tertiary alicyclic amines) is 1. The first-order chi connectivity index (χ1) is 11.6. The monoisotopic (exact) mass is 320 g/mol. The highest BCUT2D eigenvalue weighted by Gasteiger charge is 2.42. The van der Waals surface area contributed by atoms with Crippen molar-refractivity contribution in [1.29, 1.82) is 0 Å². The molecule has 3 aromatic rings. The molecule has 1 atom stereocenters. The van der Waals surface area contributed by atoms with E-state index in [1.54, 1.807) is 10.7 Å². The number of rotatable bonds is 2. The molecule has 2 aromatic heterocycles. The maximum absolute atomic E-state index is 13.1. The second-order valence-corrected chi connectivity index (χ2v) is 7.12. The van der Waals surface area contributed by atoms with Crippen molar-refractivity contribution in [3.63, 3.8) is 0 Å². The lowest BCUT2D eigenvalue weighted by molar-refractivity contribution is 0.0779. The summed E-state index contributed by atoms with van der Waals surface area (Å²) in [5, 5.41) is 7.99. The second kappa shape index (κ2) is 5.44. The van der Waals surface area contributed by atoms with Gasteiger partial charge in [0, 0.05) is 25.2 Å². The smallest absolute Gasteiger partial charge is 0.257 e. The number of pyridine rings is 1. The van der Waals surface area contributed by atoms with Gasteiger partial charge in [0.2, 0.25) is 0 Å². The van der Waals surface area contributed by atoms with Gasteiger partial charge in [-0.1, -0.05) is 44.2 Å². The first kappa shape index (κ1) is 14.9. The van der Waals surface area contributed by atoms with Crippen LogP contribution in [0.25, 0.3) is 5.65 Å². The Morgan fingerprint density at radius 1 is 1.17 bits per heavy atom. The molecular formula is C19H20N4O. The van der Waals surface area contributed by atoms with Gasteiger partial charge in [0.15, 0.2) is 5.65 Å². The third-order valence-electron chi connectivity index (χ3n) is 4.99. The zero-order valence-electron chi connectivity index (χ0n) is 13.9. The summed E-state index contributed by atoms with van der Waals surface area (Å²) in [4.78, 5) is 15.0. The number of carbonyl (C=O) groups is 1. The number of nitrogens with zero attached hydrogens (tertiary/aromatic N) is 4. The van der Waals surface area contributed by atoms with Gasteiger partial charge in [-0.05, 0) is 23.1 Å². The summed E-state index contributed by atoms with van der Waals surface area (Å²) in [6.07, 6.45) is 3.47. The predicted molar refractivity (Wildman–Crippen MR) is 91.9 cm³/mol. The SMILES string of the molecule is CC1(C)CN(C(=O)c2cccn3cnnc23)C[C@H]1c1ccccc1. The Balaban J connectivity index is 1.66. The zero-order chi connectivity index (χ0) is 16.7. The number of carbonyl (C=O) groups excluding carboxylic acids is 1. The van der Waals surface area contributed by atoms with Crippen molar-refractivity contribution in [3.8, 4) is 0 Å².